The van der Waals surface area contributed by atoms with Crippen LogP contribution in [0.2, 0.25) is 0 Å². The minimum atomic E-state index is -0.614. The molecule has 1 fully saturated rings. The van der Waals surface area contributed by atoms with Gasteiger partial charge in [0.25, 0.3) is 5.91 Å². The van der Waals surface area contributed by atoms with Gasteiger partial charge in [-0.25, -0.2) is 9.69 Å². The fourth-order valence-corrected chi connectivity index (χ4v) is 3.14. The zero-order valence-electron chi connectivity index (χ0n) is 15.1. The molecule has 0 N–H and O–H groups in total. The van der Waals surface area contributed by atoms with E-state index in [-0.39, 0.29) is 6.61 Å². The summed E-state index contributed by atoms with van der Waals surface area (Å²) in [6.45, 7) is 4.08. The quantitative estimate of drug-likeness (QED) is 0.780. The Morgan fingerprint density at radius 1 is 1.19 bits per heavy atom. The fraction of sp³-hybridized carbons (Fsp3) is 0.238. The summed E-state index contributed by atoms with van der Waals surface area (Å²) in [4.78, 5) is 25.9. The molecular formula is C21H21NO4. The summed E-state index contributed by atoms with van der Waals surface area (Å²) < 4.78 is 10.4. The Morgan fingerprint density at radius 2 is 1.85 bits per heavy atom. The summed E-state index contributed by atoms with van der Waals surface area (Å²) in [7, 11) is 1.62. The molecule has 2 amide bonds. The first-order valence-corrected chi connectivity index (χ1v) is 8.39. The monoisotopic (exact) mass is 351 g/mol. The van der Waals surface area contributed by atoms with Gasteiger partial charge in [0.1, 0.15) is 18.4 Å². The number of hydrogen-bond donors (Lipinski definition) is 0. The van der Waals surface area contributed by atoms with Gasteiger partial charge in [-0.3, -0.25) is 4.79 Å². The number of cyclic esters (lactones) is 1. The first-order chi connectivity index (χ1) is 12.5. The number of amides is 2. The molecular weight excluding hydrogens is 330 g/mol. The highest BCUT2D eigenvalue weighted by Gasteiger charge is 2.37. The lowest BCUT2D eigenvalue weighted by Gasteiger charge is -2.18. The summed E-state index contributed by atoms with van der Waals surface area (Å²) >= 11 is 0. The molecule has 1 heterocycles. The molecule has 0 bridgehead atoms. The summed E-state index contributed by atoms with van der Waals surface area (Å²) in [5.74, 6) is 0.381. The summed E-state index contributed by atoms with van der Waals surface area (Å²) in [5, 5.41) is 0. The van der Waals surface area contributed by atoms with Crippen molar-refractivity contribution in [2.75, 3.05) is 13.7 Å². The van der Waals surface area contributed by atoms with Crippen molar-refractivity contribution in [2.45, 2.75) is 19.9 Å². The van der Waals surface area contributed by atoms with Crippen LogP contribution >= 0.6 is 0 Å². The van der Waals surface area contributed by atoms with Crippen molar-refractivity contribution >= 4 is 18.1 Å². The van der Waals surface area contributed by atoms with Gasteiger partial charge in [-0.05, 0) is 54.3 Å². The third-order valence-electron chi connectivity index (χ3n) is 4.49. The molecule has 0 unspecified atom stereocenters. The number of benzene rings is 2. The van der Waals surface area contributed by atoms with E-state index in [1.807, 2.05) is 56.3 Å². The molecule has 2 aromatic carbocycles. The molecule has 0 aromatic heterocycles. The summed E-state index contributed by atoms with van der Waals surface area (Å²) in [6.07, 6.45) is 2.54. The average Bonchev–Trinajstić information content (AvgIpc) is 3.03. The molecule has 5 heteroatoms. The van der Waals surface area contributed by atoms with Gasteiger partial charge in [-0.15, -0.1) is 0 Å². The maximum atomic E-state index is 12.7. The third kappa shape index (κ3) is 3.47. The van der Waals surface area contributed by atoms with E-state index in [4.69, 9.17) is 9.47 Å². The first-order valence-electron chi connectivity index (χ1n) is 8.39. The molecule has 1 saturated heterocycles. The third-order valence-corrected chi connectivity index (χ3v) is 4.49. The van der Waals surface area contributed by atoms with Gasteiger partial charge < -0.3 is 9.47 Å². The Labute approximate surface area is 152 Å². The van der Waals surface area contributed by atoms with Crippen LogP contribution in [-0.4, -0.2) is 30.6 Å². The first kappa shape index (κ1) is 17.7. The van der Waals surface area contributed by atoms with E-state index < -0.39 is 18.0 Å². The van der Waals surface area contributed by atoms with Crippen molar-refractivity contribution in [3.63, 3.8) is 0 Å². The molecule has 0 radical (unpaired) electrons. The molecule has 2 aromatic rings. The number of nitrogens with zero attached hydrogens (tertiary/aromatic N) is 1. The molecule has 26 heavy (non-hydrogen) atoms. The summed E-state index contributed by atoms with van der Waals surface area (Å²) in [5.41, 5.74) is 3.80. The molecule has 0 spiro atoms. The van der Waals surface area contributed by atoms with E-state index >= 15 is 0 Å². The van der Waals surface area contributed by atoms with Crippen LogP contribution < -0.4 is 4.74 Å². The van der Waals surface area contributed by atoms with E-state index in [1.54, 1.807) is 13.2 Å². The predicted octanol–water partition coefficient (Wildman–Crippen LogP) is 4.05. The van der Waals surface area contributed by atoms with Crippen molar-refractivity contribution in [3.8, 4) is 5.75 Å². The summed E-state index contributed by atoms with van der Waals surface area (Å²) in [6, 6.07) is 12.8. The SMILES string of the molecule is COc1cc(C)c(/C=C/C(=O)N2C(=O)OC[C@H]2c2ccccc2)c(C)c1. The average molecular weight is 351 g/mol. The highest BCUT2D eigenvalue weighted by molar-refractivity contribution is 6.02. The van der Waals surface area contributed by atoms with Crippen molar-refractivity contribution < 1.29 is 19.1 Å². The van der Waals surface area contributed by atoms with Crippen molar-refractivity contribution in [3.05, 3.63) is 70.8 Å². The molecule has 1 aliphatic rings. The second kappa shape index (κ2) is 7.44. The van der Waals surface area contributed by atoms with Gasteiger partial charge in [0.15, 0.2) is 0 Å². The second-order valence-electron chi connectivity index (χ2n) is 6.22. The topological polar surface area (TPSA) is 55.8 Å². The maximum Gasteiger partial charge on any atom is 0.417 e. The lowest BCUT2D eigenvalue weighted by atomic mass is 10.0. The van der Waals surface area contributed by atoms with Crippen LogP contribution in [0.25, 0.3) is 6.08 Å². The maximum absolute atomic E-state index is 12.7. The van der Waals surface area contributed by atoms with Gasteiger partial charge in [0.05, 0.1) is 7.11 Å². The molecule has 0 aliphatic carbocycles. The normalized spacial score (nSPS) is 16.8. The van der Waals surface area contributed by atoms with Crippen LogP contribution in [0.1, 0.15) is 28.3 Å². The Morgan fingerprint density at radius 3 is 2.46 bits per heavy atom. The molecule has 1 aliphatic heterocycles. The van der Waals surface area contributed by atoms with Gasteiger partial charge in [-0.2, -0.15) is 0 Å². The largest absolute Gasteiger partial charge is 0.497 e. The highest BCUT2D eigenvalue weighted by atomic mass is 16.6. The second-order valence-corrected chi connectivity index (χ2v) is 6.22. The van der Waals surface area contributed by atoms with E-state index in [1.165, 1.54) is 11.0 Å². The van der Waals surface area contributed by atoms with Crippen molar-refractivity contribution in [1.82, 2.24) is 4.90 Å². The standard InChI is InChI=1S/C21H21NO4/c1-14-11-17(25-3)12-15(2)18(14)9-10-20(23)22-19(13-26-21(22)24)16-7-5-4-6-8-16/h4-12,19H,13H2,1-3H3/b10-9+/t19-/m0/s1. The van der Waals surface area contributed by atoms with Crippen molar-refractivity contribution in [1.29, 1.82) is 0 Å². The van der Waals surface area contributed by atoms with E-state index in [0.717, 1.165) is 28.0 Å². The van der Waals surface area contributed by atoms with Gasteiger partial charge in [0, 0.05) is 6.08 Å². The Hall–Kier alpha value is -3.08. The van der Waals surface area contributed by atoms with Crippen LogP contribution in [0.15, 0.2) is 48.5 Å². The Kier molecular flexibility index (Phi) is 5.07. The number of imide groups is 1. The zero-order chi connectivity index (χ0) is 18.7. The molecule has 134 valence electrons. The lowest BCUT2D eigenvalue weighted by molar-refractivity contribution is -0.124. The fourth-order valence-electron chi connectivity index (χ4n) is 3.14. The van der Waals surface area contributed by atoms with E-state index in [9.17, 15) is 9.59 Å². The number of methoxy groups -OCH3 is 1. The minimum absolute atomic E-state index is 0.170. The number of aryl methyl sites for hydroxylation is 2. The smallest absolute Gasteiger partial charge is 0.417 e. The Balaban J connectivity index is 1.85. The van der Waals surface area contributed by atoms with Gasteiger partial charge in [-0.1, -0.05) is 30.3 Å². The van der Waals surface area contributed by atoms with Gasteiger partial charge >= 0.3 is 6.09 Å². The number of carbonyl (C=O) groups is 2. The van der Waals surface area contributed by atoms with Crippen LogP contribution in [0.5, 0.6) is 5.75 Å². The minimum Gasteiger partial charge on any atom is -0.497 e. The molecule has 1 atom stereocenters. The molecule has 5 nitrogen and oxygen atoms in total. The van der Waals surface area contributed by atoms with Gasteiger partial charge in [0.2, 0.25) is 0 Å². The van der Waals surface area contributed by atoms with Crippen LogP contribution in [0.3, 0.4) is 0 Å². The predicted molar refractivity (Wildman–Crippen MR) is 98.9 cm³/mol. The number of rotatable bonds is 4. The van der Waals surface area contributed by atoms with E-state index in [0.29, 0.717) is 0 Å². The lowest BCUT2D eigenvalue weighted by Crippen LogP contribution is -2.32. The van der Waals surface area contributed by atoms with E-state index in [2.05, 4.69) is 0 Å². The highest BCUT2D eigenvalue weighted by Crippen LogP contribution is 2.28. The van der Waals surface area contributed by atoms with Crippen molar-refractivity contribution in [2.24, 2.45) is 0 Å². The molecule has 3 rings (SSSR count). The number of hydrogen-bond acceptors (Lipinski definition) is 4. The van der Waals surface area contributed by atoms with Crippen LogP contribution in [0.4, 0.5) is 4.79 Å². The number of ether oxygens (including phenoxy) is 2. The Bertz CT molecular complexity index is 835. The molecule has 0 saturated carbocycles. The zero-order valence-corrected chi connectivity index (χ0v) is 15.1. The number of carbonyl (C=O) groups excluding carboxylic acids is 2. The van der Waals surface area contributed by atoms with Crippen LogP contribution in [0, 0.1) is 13.8 Å². The van der Waals surface area contributed by atoms with Crippen LogP contribution in [-0.2, 0) is 9.53 Å².